The molecule has 136 valence electrons. The number of benzene rings is 2. The Bertz CT molecular complexity index is 920. The molecule has 0 unspecified atom stereocenters. The standard InChI is InChI=1S/C19H18O6S/c1-13-8-10-16(11-9-13)26(22,23)19(17(12-20)25-19)18(24-14(2)21)15-6-4-3-5-7-15/h3-12,17-18H,1-2H3/t17-,18+,19+/m0/s1. The van der Waals surface area contributed by atoms with Crippen molar-refractivity contribution in [2.24, 2.45) is 0 Å². The van der Waals surface area contributed by atoms with Crippen LogP contribution in [0.1, 0.15) is 24.2 Å². The number of hydrogen-bond acceptors (Lipinski definition) is 6. The normalized spacial score (nSPS) is 23.1. The Labute approximate surface area is 151 Å². The topological polar surface area (TPSA) is 90.0 Å². The Morgan fingerprint density at radius 1 is 1.15 bits per heavy atom. The maximum atomic E-state index is 13.3. The number of carbonyl (C=O) groups is 2. The summed E-state index contributed by atoms with van der Waals surface area (Å²) in [5.41, 5.74) is 1.32. The first kappa shape index (κ1) is 18.3. The van der Waals surface area contributed by atoms with Gasteiger partial charge in [0.25, 0.3) is 0 Å². The Hall–Kier alpha value is -2.51. The fourth-order valence-electron chi connectivity index (χ4n) is 2.93. The van der Waals surface area contributed by atoms with Crippen LogP contribution in [0.3, 0.4) is 0 Å². The van der Waals surface area contributed by atoms with Crippen LogP contribution in [0.15, 0.2) is 59.5 Å². The van der Waals surface area contributed by atoms with Gasteiger partial charge < -0.3 is 14.3 Å². The lowest BCUT2D eigenvalue weighted by Gasteiger charge is -2.24. The van der Waals surface area contributed by atoms with Crippen LogP contribution in [0.2, 0.25) is 0 Å². The Balaban J connectivity index is 2.15. The molecule has 0 aromatic heterocycles. The molecule has 2 aromatic carbocycles. The second-order valence-electron chi connectivity index (χ2n) is 6.11. The Morgan fingerprint density at radius 3 is 2.27 bits per heavy atom. The molecule has 0 amide bonds. The van der Waals surface area contributed by atoms with E-state index in [1.54, 1.807) is 42.5 Å². The van der Waals surface area contributed by atoms with Crippen molar-refractivity contribution in [1.82, 2.24) is 0 Å². The third kappa shape index (κ3) is 2.93. The van der Waals surface area contributed by atoms with E-state index >= 15 is 0 Å². The molecular formula is C19H18O6S. The zero-order valence-corrected chi connectivity index (χ0v) is 15.1. The summed E-state index contributed by atoms with van der Waals surface area (Å²) in [5.74, 6) is -0.669. The van der Waals surface area contributed by atoms with E-state index in [0.717, 1.165) is 5.56 Å². The number of aldehydes is 1. The molecule has 0 spiro atoms. The molecule has 7 heteroatoms. The largest absolute Gasteiger partial charge is 0.453 e. The van der Waals surface area contributed by atoms with E-state index in [-0.39, 0.29) is 4.90 Å². The molecule has 0 bridgehead atoms. The first-order valence-corrected chi connectivity index (χ1v) is 9.48. The number of hydrogen-bond donors (Lipinski definition) is 0. The smallest absolute Gasteiger partial charge is 0.303 e. The van der Waals surface area contributed by atoms with Crippen molar-refractivity contribution < 1.29 is 27.5 Å². The van der Waals surface area contributed by atoms with Crippen molar-refractivity contribution in [2.45, 2.75) is 35.9 Å². The molecule has 1 aliphatic heterocycles. The number of esters is 1. The van der Waals surface area contributed by atoms with Crippen LogP contribution in [-0.4, -0.2) is 31.7 Å². The Morgan fingerprint density at radius 2 is 1.77 bits per heavy atom. The molecule has 1 heterocycles. The van der Waals surface area contributed by atoms with Crippen LogP contribution in [0.5, 0.6) is 0 Å². The molecule has 1 fully saturated rings. The third-order valence-corrected chi connectivity index (χ3v) is 6.55. The van der Waals surface area contributed by atoms with Gasteiger partial charge in [-0.1, -0.05) is 48.0 Å². The van der Waals surface area contributed by atoms with Gasteiger partial charge in [0, 0.05) is 6.92 Å². The molecule has 26 heavy (non-hydrogen) atoms. The summed E-state index contributed by atoms with van der Waals surface area (Å²) in [6, 6.07) is 14.6. The predicted octanol–water partition coefficient (Wildman–Crippen LogP) is 2.37. The van der Waals surface area contributed by atoms with Crippen molar-refractivity contribution >= 4 is 22.1 Å². The van der Waals surface area contributed by atoms with Crippen LogP contribution in [0, 0.1) is 6.92 Å². The molecule has 3 atom stereocenters. The van der Waals surface area contributed by atoms with Crippen molar-refractivity contribution in [3.8, 4) is 0 Å². The third-order valence-electron chi connectivity index (χ3n) is 4.28. The predicted molar refractivity (Wildman–Crippen MR) is 93.0 cm³/mol. The summed E-state index contributed by atoms with van der Waals surface area (Å²) in [6.07, 6.45) is -2.06. The van der Waals surface area contributed by atoms with Gasteiger partial charge in [-0.2, -0.15) is 0 Å². The fraction of sp³-hybridized carbons (Fsp3) is 0.263. The maximum Gasteiger partial charge on any atom is 0.303 e. The summed E-state index contributed by atoms with van der Waals surface area (Å²) in [7, 11) is -4.13. The van der Waals surface area contributed by atoms with Gasteiger partial charge in [-0.15, -0.1) is 0 Å². The molecule has 1 saturated heterocycles. The molecule has 0 N–H and O–H groups in total. The molecule has 2 aromatic rings. The maximum absolute atomic E-state index is 13.3. The van der Waals surface area contributed by atoms with Crippen molar-refractivity contribution in [1.29, 1.82) is 0 Å². The average molecular weight is 374 g/mol. The highest BCUT2D eigenvalue weighted by molar-refractivity contribution is 7.93. The highest BCUT2D eigenvalue weighted by atomic mass is 32.2. The van der Waals surface area contributed by atoms with Gasteiger partial charge in [0.1, 0.15) is 0 Å². The van der Waals surface area contributed by atoms with Gasteiger partial charge in [-0.25, -0.2) is 8.42 Å². The lowest BCUT2D eigenvalue weighted by Crippen LogP contribution is -2.37. The minimum Gasteiger partial charge on any atom is -0.453 e. The monoisotopic (exact) mass is 374 g/mol. The zero-order valence-electron chi connectivity index (χ0n) is 14.3. The van der Waals surface area contributed by atoms with E-state index in [1.165, 1.54) is 19.1 Å². The minimum absolute atomic E-state index is 0.000494. The number of carbonyl (C=O) groups excluding carboxylic acids is 2. The van der Waals surface area contributed by atoms with Gasteiger partial charge in [0.15, 0.2) is 18.5 Å². The van der Waals surface area contributed by atoms with Gasteiger partial charge in [-0.3, -0.25) is 4.79 Å². The molecule has 1 aliphatic rings. The van der Waals surface area contributed by atoms with E-state index in [9.17, 15) is 18.0 Å². The summed E-state index contributed by atoms with van der Waals surface area (Å²) in [5, 5.41) is 0. The number of ether oxygens (including phenoxy) is 2. The zero-order chi connectivity index (χ0) is 18.9. The molecule has 3 rings (SSSR count). The molecular weight excluding hydrogens is 356 g/mol. The summed E-state index contributed by atoms with van der Waals surface area (Å²) < 4.78 is 37.3. The van der Waals surface area contributed by atoms with Crippen LogP contribution >= 0.6 is 0 Å². The summed E-state index contributed by atoms with van der Waals surface area (Å²) >= 11 is 0. The summed E-state index contributed by atoms with van der Waals surface area (Å²) in [6.45, 7) is 3.01. The van der Waals surface area contributed by atoms with Crippen molar-refractivity contribution in [2.75, 3.05) is 0 Å². The minimum atomic E-state index is -4.13. The second-order valence-corrected chi connectivity index (χ2v) is 8.23. The lowest BCUT2D eigenvalue weighted by molar-refractivity contribution is -0.148. The number of sulfone groups is 1. The van der Waals surface area contributed by atoms with Crippen LogP contribution in [0.4, 0.5) is 0 Å². The lowest BCUT2D eigenvalue weighted by atomic mass is 10.0. The molecule has 0 aliphatic carbocycles. The van der Waals surface area contributed by atoms with E-state index in [4.69, 9.17) is 9.47 Å². The van der Waals surface area contributed by atoms with Crippen LogP contribution in [-0.2, 0) is 28.9 Å². The Kier molecular flexibility index (Phi) is 4.68. The molecule has 6 nitrogen and oxygen atoms in total. The number of epoxide rings is 1. The SMILES string of the molecule is CC(=O)O[C@H](c1ccccc1)[C@@]1(S(=O)(=O)c2ccc(C)cc2)O[C@H]1C=O. The number of aryl methyl sites for hydroxylation is 1. The highest BCUT2D eigenvalue weighted by Gasteiger charge is 2.73. The van der Waals surface area contributed by atoms with E-state index in [1.807, 2.05) is 6.92 Å². The second kappa shape index (κ2) is 6.66. The molecule has 0 radical (unpaired) electrons. The van der Waals surface area contributed by atoms with E-state index in [2.05, 4.69) is 0 Å². The first-order valence-electron chi connectivity index (χ1n) is 7.99. The van der Waals surface area contributed by atoms with Crippen molar-refractivity contribution in [3.05, 3.63) is 65.7 Å². The van der Waals surface area contributed by atoms with Crippen molar-refractivity contribution in [3.63, 3.8) is 0 Å². The first-order chi connectivity index (χ1) is 12.3. The number of rotatable bonds is 6. The van der Waals surface area contributed by atoms with Gasteiger partial charge in [-0.05, 0) is 24.6 Å². The van der Waals surface area contributed by atoms with E-state index < -0.39 is 32.9 Å². The van der Waals surface area contributed by atoms with E-state index in [0.29, 0.717) is 11.8 Å². The van der Waals surface area contributed by atoms with Gasteiger partial charge in [0.2, 0.25) is 14.8 Å². The molecule has 0 saturated carbocycles. The van der Waals surface area contributed by atoms with Crippen LogP contribution < -0.4 is 0 Å². The summed E-state index contributed by atoms with van der Waals surface area (Å²) in [4.78, 5) is 21.1. The van der Waals surface area contributed by atoms with Gasteiger partial charge in [0.05, 0.1) is 4.90 Å². The highest BCUT2D eigenvalue weighted by Crippen LogP contribution is 2.54. The average Bonchev–Trinajstić information content (AvgIpc) is 3.37. The van der Waals surface area contributed by atoms with Crippen LogP contribution in [0.25, 0.3) is 0 Å². The quantitative estimate of drug-likeness (QED) is 0.438. The van der Waals surface area contributed by atoms with Gasteiger partial charge >= 0.3 is 5.97 Å². The fourth-order valence-corrected chi connectivity index (χ4v) is 4.85.